The van der Waals surface area contributed by atoms with Gasteiger partial charge in [-0.2, -0.15) is 0 Å². The molecule has 0 saturated carbocycles. The van der Waals surface area contributed by atoms with Crippen molar-refractivity contribution in [2.45, 2.75) is 6.04 Å². The molecule has 8 nitrogen and oxygen atoms in total. The van der Waals surface area contributed by atoms with E-state index in [9.17, 15) is 9.59 Å². The molecule has 0 aliphatic heterocycles. The van der Waals surface area contributed by atoms with Gasteiger partial charge in [-0.25, -0.2) is 9.80 Å². The molecule has 0 spiro atoms. The third-order valence-corrected chi connectivity index (χ3v) is 4.85. The van der Waals surface area contributed by atoms with Crippen LogP contribution in [0.4, 0.5) is 21.9 Å². The predicted octanol–water partition coefficient (Wildman–Crippen LogP) is 4.74. The van der Waals surface area contributed by atoms with Crippen LogP contribution in [0.25, 0.3) is 0 Å². The van der Waals surface area contributed by atoms with E-state index >= 15 is 0 Å². The first-order valence-electron chi connectivity index (χ1n) is 10.2. The van der Waals surface area contributed by atoms with E-state index in [1.54, 1.807) is 60.7 Å². The van der Waals surface area contributed by atoms with Gasteiger partial charge in [0.25, 0.3) is 5.91 Å². The van der Waals surface area contributed by atoms with Crippen molar-refractivity contribution in [3.63, 3.8) is 0 Å². The van der Waals surface area contributed by atoms with Crippen molar-refractivity contribution in [2.24, 2.45) is 0 Å². The average Bonchev–Trinajstić information content (AvgIpc) is 2.80. The second-order valence-corrected chi connectivity index (χ2v) is 7.79. The summed E-state index contributed by atoms with van der Waals surface area (Å²) < 4.78 is 5.41. The number of rotatable bonds is 8. The molecule has 0 aliphatic carbocycles. The zero-order valence-corrected chi connectivity index (χ0v) is 19.3. The van der Waals surface area contributed by atoms with Crippen LogP contribution >= 0.6 is 11.6 Å². The van der Waals surface area contributed by atoms with Gasteiger partial charge in [0.1, 0.15) is 11.8 Å². The molecule has 0 saturated heterocycles. The van der Waals surface area contributed by atoms with Crippen LogP contribution in [0.5, 0.6) is 5.75 Å². The quantitative estimate of drug-likeness (QED) is 0.359. The summed E-state index contributed by atoms with van der Waals surface area (Å²) in [5.41, 5.74) is 5.66. The van der Waals surface area contributed by atoms with E-state index in [2.05, 4.69) is 21.4 Å². The van der Waals surface area contributed by atoms with E-state index in [4.69, 9.17) is 16.3 Å². The molecule has 4 N–H and O–H groups in total. The van der Waals surface area contributed by atoms with Crippen LogP contribution < -0.4 is 26.1 Å². The highest BCUT2D eigenvalue weighted by molar-refractivity contribution is 6.30. The summed E-state index contributed by atoms with van der Waals surface area (Å²) in [5, 5.41) is 10.7. The summed E-state index contributed by atoms with van der Waals surface area (Å²) in [6, 6.07) is 19.4. The average molecular weight is 468 g/mol. The Morgan fingerprint density at radius 3 is 2.06 bits per heavy atom. The zero-order chi connectivity index (χ0) is 23.8. The Hall–Kier alpha value is -3.75. The Bertz CT molecular complexity index is 1090. The first-order valence-corrected chi connectivity index (χ1v) is 10.5. The van der Waals surface area contributed by atoms with Crippen molar-refractivity contribution in [3.05, 3.63) is 83.4 Å². The van der Waals surface area contributed by atoms with E-state index < -0.39 is 18.0 Å². The van der Waals surface area contributed by atoms with Gasteiger partial charge < -0.3 is 26.1 Å². The Morgan fingerprint density at radius 2 is 1.42 bits per heavy atom. The normalized spacial score (nSPS) is 11.4. The van der Waals surface area contributed by atoms with Gasteiger partial charge in [0.15, 0.2) is 0 Å². The standard InChI is InChI=1S/C24H26ClN5O3/c1-30(2)29-19-14-12-17(13-15-19)26-23(31)22(20-6-4-5-7-21(20)33-3)28-24(32)27-18-10-8-16(25)9-11-18/h4-15,22,29H,1-3H3,(H,26,31)(H2,27,28,32). The van der Waals surface area contributed by atoms with Gasteiger partial charge in [0.2, 0.25) is 0 Å². The van der Waals surface area contributed by atoms with Gasteiger partial charge in [-0.05, 0) is 54.6 Å². The number of carbonyl (C=O) groups is 2. The number of hydrogen-bond acceptors (Lipinski definition) is 5. The summed E-state index contributed by atoms with van der Waals surface area (Å²) in [4.78, 5) is 25.9. The number of nitrogens with zero attached hydrogens (tertiary/aromatic N) is 1. The van der Waals surface area contributed by atoms with Crippen LogP contribution in [-0.4, -0.2) is 38.2 Å². The molecule has 33 heavy (non-hydrogen) atoms. The lowest BCUT2D eigenvalue weighted by Crippen LogP contribution is -2.39. The second kappa shape index (κ2) is 11.2. The maximum atomic E-state index is 13.2. The number of amides is 3. The van der Waals surface area contributed by atoms with E-state index in [-0.39, 0.29) is 0 Å². The molecule has 0 bridgehead atoms. The van der Waals surface area contributed by atoms with Crippen LogP contribution in [0.15, 0.2) is 72.8 Å². The molecule has 9 heteroatoms. The Morgan fingerprint density at radius 1 is 0.848 bits per heavy atom. The monoisotopic (exact) mass is 467 g/mol. The number of halogens is 1. The molecule has 0 aromatic heterocycles. The van der Waals surface area contributed by atoms with Crippen LogP contribution in [0.1, 0.15) is 11.6 Å². The smallest absolute Gasteiger partial charge is 0.320 e. The minimum atomic E-state index is -1.01. The van der Waals surface area contributed by atoms with E-state index in [1.165, 1.54) is 7.11 Å². The first-order chi connectivity index (χ1) is 15.9. The summed E-state index contributed by atoms with van der Waals surface area (Å²) in [6.45, 7) is 0. The Kier molecular flexibility index (Phi) is 8.12. The Balaban J connectivity index is 1.79. The SMILES string of the molecule is COc1ccccc1C(NC(=O)Nc1ccc(Cl)cc1)C(=O)Nc1ccc(NN(C)C)cc1. The summed E-state index contributed by atoms with van der Waals surface area (Å²) >= 11 is 5.90. The van der Waals surface area contributed by atoms with Gasteiger partial charge in [-0.1, -0.05) is 29.8 Å². The maximum Gasteiger partial charge on any atom is 0.320 e. The third kappa shape index (κ3) is 6.86. The molecule has 3 rings (SSSR count). The molecule has 0 fully saturated rings. The number of nitrogens with one attached hydrogen (secondary N) is 4. The van der Waals surface area contributed by atoms with Crippen molar-refractivity contribution >= 4 is 40.6 Å². The minimum absolute atomic E-state index is 0.418. The van der Waals surface area contributed by atoms with Gasteiger partial charge >= 0.3 is 6.03 Å². The van der Waals surface area contributed by atoms with Crippen molar-refractivity contribution < 1.29 is 14.3 Å². The molecule has 1 atom stereocenters. The number of benzene rings is 3. The van der Waals surface area contributed by atoms with E-state index in [1.807, 2.05) is 31.2 Å². The predicted molar refractivity (Wildman–Crippen MR) is 132 cm³/mol. The number of para-hydroxylation sites is 1. The summed E-state index contributed by atoms with van der Waals surface area (Å²) in [6.07, 6.45) is 0. The Labute approximate surface area is 197 Å². The number of hydrazine groups is 1. The summed E-state index contributed by atoms with van der Waals surface area (Å²) in [7, 11) is 5.28. The highest BCUT2D eigenvalue weighted by Crippen LogP contribution is 2.26. The molecule has 172 valence electrons. The van der Waals surface area contributed by atoms with Crippen molar-refractivity contribution in [1.82, 2.24) is 10.3 Å². The second-order valence-electron chi connectivity index (χ2n) is 7.35. The van der Waals surface area contributed by atoms with E-state index in [0.717, 1.165) is 5.69 Å². The molecule has 1 unspecified atom stereocenters. The number of carbonyl (C=O) groups excluding carboxylic acids is 2. The highest BCUT2D eigenvalue weighted by Gasteiger charge is 2.26. The molecule has 3 aromatic carbocycles. The topological polar surface area (TPSA) is 94.7 Å². The molecular weight excluding hydrogens is 442 g/mol. The number of ether oxygens (including phenoxy) is 1. The molecular formula is C24H26ClN5O3. The lowest BCUT2D eigenvalue weighted by molar-refractivity contribution is -0.118. The molecule has 0 aliphatic rings. The summed E-state index contributed by atoms with van der Waals surface area (Å²) in [5.74, 6) is 0.0639. The number of methoxy groups -OCH3 is 1. The van der Waals surface area contributed by atoms with Crippen molar-refractivity contribution in [1.29, 1.82) is 0 Å². The number of urea groups is 1. The van der Waals surface area contributed by atoms with Gasteiger partial charge in [0, 0.05) is 41.7 Å². The maximum absolute atomic E-state index is 13.2. The molecule has 0 radical (unpaired) electrons. The van der Waals surface area contributed by atoms with Gasteiger partial charge in [0.05, 0.1) is 7.11 Å². The van der Waals surface area contributed by atoms with Crippen LogP contribution in [0, 0.1) is 0 Å². The van der Waals surface area contributed by atoms with Crippen LogP contribution in [0.2, 0.25) is 5.02 Å². The zero-order valence-electron chi connectivity index (χ0n) is 18.6. The largest absolute Gasteiger partial charge is 0.496 e. The molecule has 3 amide bonds. The number of hydrogen-bond donors (Lipinski definition) is 4. The van der Waals surface area contributed by atoms with E-state index in [0.29, 0.717) is 27.7 Å². The first kappa shape index (κ1) is 23.9. The fourth-order valence-electron chi connectivity index (χ4n) is 3.12. The lowest BCUT2D eigenvalue weighted by atomic mass is 10.0. The minimum Gasteiger partial charge on any atom is -0.496 e. The van der Waals surface area contributed by atoms with Crippen LogP contribution in [0.3, 0.4) is 0 Å². The van der Waals surface area contributed by atoms with Crippen molar-refractivity contribution in [3.8, 4) is 5.75 Å². The molecule has 3 aromatic rings. The fourth-order valence-corrected chi connectivity index (χ4v) is 3.25. The lowest BCUT2D eigenvalue weighted by Gasteiger charge is -2.21. The third-order valence-electron chi connectivity index (χ3n) is 4.59. The fraction of sp³-hybridized carbons (Fsp3) is 0.167. The highest BCUT2D eigenvalue weighted by atomic mass is 35.5. The molecule has 0 heterocycles. The van der Waals surface area contributed by atoms with Gasteiger partial charge in [-0.15, -0.1) is 0 Å². The van der Waals surface area contributed by atoms with Gasteiger partial charge in [-0.3, -0.25) is 4.79 Å². The van der Waals surface area contributed by atoms with Crippen LogP contribution in [-0.2, 0) is 4.79 Å². The van der Waals surface area contributed by atoms with Crippen molar-refractivity contribution in [2.75, 3.05) is 37.3 Å². The number of anilines is 3.